The average Bonchev–Trinajstić information content (AvgIpc) is 3.15. The second-order valence-electron chi connectivity index (χ2n) is 6.57. The standard InChI is InChI=1S/C19H24N4O3/c1-15-6-10-22(11-7-15)19(25)18(24)21-16-4-2-5-17(14-16)26-13-12-23-9-3-8-20-23/h2-5,8-9,14-15H,6-7,10-13H2,1H3,(H,21,24). The van der Waals surface area contributed by atoms with E-state index in [1.165, 1.54) is 0 Å². The fraction of sp³-hybridized carbons (Fsp3) is 0.421. The molecule has 0 saturated carbocycles. The van der Waals surface area contributed by atoms with Crippen LogP contribution in [0.2, 0.25) is 0 Å². The van der Waals surface area contributed by atoms with E-state index in [0.29, 0.717) is 43.6 Å². The number of carbonyl (C=O) groups excluding carboxylic acids is 2. The van der Waals surface area contributed by atoms with Gasteiger partial charge >= 0.3 is 11.8 Å². The third-order valence-corrected chi connectivity index (χ3v) is 4.51. The number of nitrogens with zero attached hydrogens (tertiary/aromatic N) is 3. The molecule has 1 aliphatic rings. The van der Waals surface area contributed by atoms with Gasteiger partial charge in [-0.1, -0.05) is 13.0 Å². The summed E-state index contributed by atoms with van der Waals surface area (Å²) in [7, 11) is 0. The van der Waals surface area contributed by atoms with Crippen molar-refractivity contribution < 1.29 is 14.3 Å². The highest BCUT2D eigenvalue weighted by molar-refractivity contribution is 6.39. The fourth-order valence-corrected chi connectivity index (χ4v) is 2.89. The van der Waals surface area contributed by atoms with Crippen LogP contribution in [-0.2, 0) is 16.1 Å². The first-order valence-corrected chi connectivity index (χ1v) is 8.92. The number of hydrogen-bond acceptors (Lipinski definition) is 4. The number of amides is 2. The highest BCUT2D eigenvalue weighted by Gasteiger charge is 2.25. The summed E-state index contributed by atoms with van der Waals surface area (Å²) in [5.41, 5.74) is 0.547. The van der Waals surface area contributed by atoms with Crippen LogP contribution in [0.4, 0.5) is 5.69 Å². The van der Waals surface area contributed by atoms with E-state index in [1.807, 2.05) is 18.3 Å². The van der Waals surface area contributed by atoms with Gasteiger partial charge in [0.2, 0.25) is 0 Å². The lowest BCUT2D eigenvalue weighted by molar-refractivity contribution is -0.144. The van der Waals surface area contributed by atoms with Crippen molar-refractivity contribution in [2.24, 2.45) is 5.92 Å². The quantitative estimate of drug-likeness (QED) is 0.833. The fourth-order valence-electron chi connectivity index (χ4n) is 2.89. The van der Waals surface area contributed by atoms with Crippen molar-refractivity contribution >= 4 is 17.5 Å². The monoisotopic (exact) mass is 356 g/mol. The summed E-state index contributed by atoms with van der Waals surface area (Å²) in [4.78, 5) is 26.1. The molecule has 2 amide bonds. The Balaban J connectivity index is 1.51. The molecule has 2 heterocycles. The van der Waals surface area contributed by atoms with Gasteiger partial charge in [0.05, 0.1) is 6.54 Å². The van der Waals surface area contributed by atoms with Crippen LogP contribution in [-0.4, -0.2) is 46.2 Å². The lowest BCUT2D eigenvalue weighted by atomic mass is 9.99. The van der Waals surface area contributed by atoms with Gasteiger partial charge in [-0.25, -0.2) is 0 Å². The van der Waals surface area contributed by atoms with Gasteiger partial charge < -0.3 is 15.0 Å². The minimum absolute atomic E-state index is 0.462. The molecule has 0 aliphatic carbocycles. The Morgan fingerprint density at radius 2 is 2.08 bits per heavy atom. The number of likely N-dealkylation sites (tertiary alicyclic amines) is 1. The summed E-state index contributed by atoms with van der Waals surface area (Å²) < 4.78 is 7.46. The highest BCUT2D eigenvalue weighted by atomic mass is 16.5. The number of hydrogen-bond donors (Lipinski definition) is 1. The maximum Gasteiger partial charge on any atom is 0.313 e. The van der Waals surface area contributed by atoms with Gasteiger partial charge in [-0.3, -0.25) is 14.3 Å². The van der Waals surface area contributed by atoms with Crippen LogP contribution in [0.1, 0.15) is 19.8 Å². The topological polar surface area (TPSA) is 76.5 Å². The predicted molar refractivity (Wildman–Crippen MR) is 97.8 cm³/mol. The van der Waals surface area contributed by atoms with Gasteiger partial charge in [0.15, 0.2) is 0 Å². The number of rotatable bonds is 5. The zero-order chi connectivity index (χ0) is 18.4. The second-order valence-corrected chi connectivity index (χ2v) is 6.57. The first-order valence-electron chi connectivity index (χ1n) is 8.92. The van der Waals surface area contributed by atoms with E-state index in [0.717, 1.165) is 12.8 Å². The van der Waals surface area contributed by atoms with Gasteiger partial charge in [-0.15, -0.1) is 0 Å². The van der Waals surface area contributed by atoms with Crippen LogP contribution in [0.5, 0.6) is 5.75 Å². The Morgan fingerprint density at radius 3 is 2.81 bits per heavy atom. The molecule has 0 spiro atoms. The van der Waals surface area contributed by atoms with E-state index < -0.39 is 11.8 Å². The summed E-state index contributed by atoms with van der Waals surface area (Å²) in [6, 6.07) is 8.91. The number of anilines is 1. The van der Waals surface area contributed by atoms with Gasteiger partial charge in [-0.2, -0.15) is 5.10 Å². The SMILES string of the molecule is CC1CCN(C(=O)C(=O)Nc2cccc(OCCn3cccn3)c2)CC1. The molecule has 138 valence electrons. The van der Waals surface area contributed by atoms with Gasteiger partial charge in [-0.05, 0) is 37.0 Å². The van der Waals surface area contributed by atoms with Crippen LogP contribution in [0.3, 0.4) is 0 Å². The van der Waals surface area contributed by atoms with Crippen LogP contribution in [0, 0.1) is 5.92 Å². The Hall–Kier alpha value is -2.83. The molecule has 0 unspecified atom stereocenters. The minimum atomic E-state index is -0.603. The van der Waals surface area contributed by atoms with E-state index in [1.54, 1.807) is 34.0 Å². The number of piperidine rings is 1. The Labute approximate surface area is 152 Å². The maximum atomic E-state index is 12.3. The first kappa shape index (κ1) is 18.0. The third kappa shape index (κ3) is 4.84. The first-order chi connectivity index (χ1) is 12.6. The van der Waals surface area contributed by atoms with Crippen LogP contribution < -0.4 is 10.1 Å². The molecule has 0 bridgehead atoms. The summed E-state index contributed by atoms with van der Waals surface area (Å²) in [5, 5.41) is 6.78. The van der Waals surface area contributed by atoms with Gasteiger partial charge in [0, 0.05) is 37.2 Å². The molecule has 1 N–H and O–H groups in total. The molecule has 1 saturated heterocycles. The molecule has 1 fully saturated rings. The number of benzene rings is 1. The number of ether oxygens (including phenoxy) is 1. The van der Waals surface area contributed by atoms with Crippen molar-refractivity contribution in [2.45, 2.75) is 26.3 Å². The molecule has 7 heteroatoms. The van der Waals surface area contributed by atoms with E-state index in [9.17, 15) is 9.59 Å². The number of aromatic nitrogens is 2. The zero-order valence-corrected chi connectivity index (χ0v) is 14.9. The third-order valence-electron chi connectivity index (χ3n) is 4.51. The molecule has 2 aromatic rings. The molecule has 26 heavy (non-hydrogen) atoms. The summed E-state index contributed by atoms with van der Waals surface area (Å²) in [5.74, 6) is 0.169. The lowest BCUT2D eigenvalue weighted by Crippen LogP contribution is -2.43. The van der Waals surface area contributed by atoms with Crippen LogP contribution >= 0.6 is 0 Å². The summed E-state index contributed by atoms with van der Waals surface area (Å²) in [6.07, 6.45) is 5.47. The van der Waals surface area contributed by atoms with Gasteiger partial charge in [0.1, 0.15) is 12.4 Å². The molecule has 1 aliphatic heterocycles. The smallest absolute Gasteiger partial charge is 0.313 e. The number of nitrogens with one attached hydrogen (secondary N) is 1. The molecular weight excluding hydrogens is 332 g/mol. The Kier molecular flexibility index (Phi) is 5.88. The lowest BCUT2D eigenvalue weighted by Gasteiger charge is -2.29. The molecular formula is C19H24N4O3. The minimum Gasteiger partial charge on any atom is -0.492 e. The second kappa shape index (κ2) is 8.51. The van der Waals surface area contributed by atoms with Crippen molar-refractivity contribution in [1.29, 1.82) is 0 Å². The number of carbonyl (C=O) groups is 2. The molecule has 0 atom stereocenters. The molecule has 7 nitrogen and oxygen atoms in total. The van der Waals surface area contributed by atoms with E-state index >= 15 is 0 Å². The molecule has 0 radical (unpaired) electrons. The van der Waals surface area contributed by atoms with E-state index in [4.69, 9.17) is 4.74 Å². The normalized spacial score (nSPS) is 14.9. The largest absolute Gasteiger partial charge is 0.492 e. The molecule has 3 rings (SSSR count). The summed E-state index contributed by atoms with van der Waals surface area (Å²) >= 11 is 0. The van der Waals surface area contributed by atoms with Crippen molar-refractivity contribution in [2.75, 3.05) is 25.0 Å². The maximum absolute atomic E-state index is 12.3. The van der Waals surface area contributed by atoms with Gasteiger partial charge in [0.25, 0.3) is 0 Å². The average molecular weight is 356 g/mol. The highest BCUT2D eigenvalue weighted by Crippen LogP contribution is 2.19. The van der Waals surface area contributed by atoms with Crippen molar-refractivity contribution in [3.05, 3.63) is 42.7 Å². The Bertz CT molecular complexity index is 737. The summed E-state index contributed by atoms with van der Waals surface area (Å²) in [6.45, 7) is 4.55. The van der Waals surface area contributed by atoms with Crippen molar-refractivity contribution in [1.82, 2.24) is 14.7 Å². The van der Waals surface area contributed by atoms with Crippen molar-refractivity contribution in [3.8, 4) is 5.75 Å². The predicted octanol–water partition coefficient (Wildman–Crippen LogP) is 2.16. The van der Waals surface area contributed by atoms with E-state index in [-0.39, 0.29) is 0 Å². The molecule has 1 aromatic heterocycles. The van der Waals surface area contributed by atoms with Crippen LogP contribution in [0.15, 0.2) is 42.7 Å². The van der Waals surface area contributed by atoms with E-state index in [2.05, 4.69) is 17.3 Å². The zero-order valence-electron chi connectivity index (χ0n) is 14.9. The Morgan fingerprint density at radius 1 is 1.27 bits per heavy atom. The van der Waals surface area contributed by atoms with Crippen molar-refractivity contribution in [3.63, 3.8) is 0 Å². The van der Waals surface area contributed by atoms with Crippen LogP contribution in [0.25, 0.3) is 0 Å². The molecule has 1 aromatic carbocycles.